The Kier molecular flexibility index (Phi) is 5.22. The predicted molar refractivity (Wildman–Crippen MR) is 100 cm³/mol. The quantitative estimate of drug-likeness (QED) is 0.549. The molecule has 134 valence electrons. The van der Waals surface area contributed by atoms with Gasteiger partial charge in [-0.05, 0) is 30.0 Å². The third-order valence-corrected chi connectivity index (χ3v) is 4.34. The summed E-state index contributed by atoms with van der Waals surface area (Å²) in [5.74, 6) is -1.19. The Morgan fingerprint density at radius 2 is 1.69 bits per heavy atom. The normalized spacial score (nSPS) is 11.9. The molecule has 0 saturated heterocycles. The average molecular weight is 351 g/mol. The van der Waals surface area contributed by atoms with E-state index < -0.39 is 11.6 Å². The number of benzene rings is 2. The monoisotopic (exact) mass is 351 g/mol. The molecule has 26 heavy (non-hydrogen) atoms. The molecule has 4 N–H and O–H groups in total. The van der Waals surface area contributed by atoms with E-state index in [-0.39, 0.29) is 17.5 Å². The summed E-state index contributed by atoms with van der Waals surface area (Å²) in [7, 11) is 0. The molecule has 0 aliphatic heterocycles. The van der Waals surface area contributed by atoms with Gasteiger partial charge < -0.3 is 15.4 Å². The van der Waals surface area contributed by atoms with Crippen molar-refractivity contribution in [2.45, 2.75) is 19.3 Å². The first-order valence-corrected chi connectivity index (χ1v) is 8.48. The van der Waals surface area contributed by atoms with Gasteiger partial charge in [0.15, 0.2) is 0 Å². The molecule has 0 saturated carbocycles. The zero-order valence-corrected chi connectivity index (χ0v) is 14.5. The van der Waals surface area contributed by atoms with Gasteiger partial charge in [-0.3, -0.25) is 9.78 Å². The third-order valence-electron chi connectivity index (χ3n) is 4.34. The summed E-state index contributed by atoms with van der Waals surface area (Å²) in [6.45, 7) is 2.10. The molecular weight excluding hydrogens is 330 g/mol. The molecule has 0 aliphatic rings. The summed E-state index contributed by atoms with van der Waals surface area (Å²) in [6, 6.07) is 18.4. The van der Waals surface area contributed by atoms with Crippen LogP contribution in [-0.4, -0.2) is 27.5 Å². The number of nitrogens with one attached hydrogen (secondary N) is 3. The summed E-state index contributed by atoms with van der Waals surface area (Å²) in [6.07, 6.45) is 0.698. The summed E-state index contributed by atoms with van der Waals surface area (Å²) in [4.78, 5) is 28.0. The van der Waals surface area contributed by atoms with Gasteiger partial charge >= 0.3 is 5.69 Å². The minimum Gasteiger partial charge on any atom is -0.493 e. The fourth-order valence-corrected chi connectivity index (χ4v) is 2.81. The van der Waals surface area contributed by atoms with E-state index in [0.717, 1.165) is 11.1 Å². The van der Waals surface area contributed by atoms with E-state index in [2.05, 4.69) is 39.6 Å². The maximum absolute atomic E-state index is 12.2. The Bertz CT molecular complexity index is 927. The Morgan fingerprint density at radius 1 is 1.04 bits per heavy atom. The molecule has 0 spiro atoms. The van der Waals surface area contributed by atoms with E-state index >= 15 is 0 Å². The Hall–Kier alpha value is -3.28. The van der Waals surface area contributed by atoms with Crippen LogP contribution in [0, 0.1) is 0 Å². The van der Waals surface area contributed by atoms with Crippen LogP contribution in [0.2, 0.25) is 0 Å². The SMILES string of the molecule is CC(C(=O)NCCc1ccc(-c2ccccc2)cc1)c1[nH]c(=O)[nH]c1O. The lowest BCUT2D eigenvalue weighted by Gasteiger charge is -2.11. The summed E-state index contributed by atoms with van der Waals surface area (Å²) < 4.78 is 0. The molecule has 0 fully saturated rings. The van der Waals surface area contributed by atoms with Crippen molar-refractivity contribution in [3.05, 3.63) is 76.3 Å². The molecule has 6 heteroatoms. The average Bonchev–Trinajstić information content (AvgIpc) is 3.00. The zero-order chi connectivity index (χ0) is 18.5. The van der Waals surface area contributed by atoms with Crippen molar-refractivity contribution >= 4 is 5.91 Å². The van der Waals surface area contributed by atoms with E-state index in [1.54, 1.807) is 6.92 Å². The molecule has 0 radical (unpaired) electrons. The smallest absolute Gasteiger partial charge is 0.325 e. The number of rotatable bonds is 6. The number of carbonyl (C=O) groups is 1. The van der Waals surface area contributed by atoms with Crippen LogP contribution < -0.4 is 11.0 Å². The number of aromatic nitrogens is 2. The number of imidazole rings is 1. The molecule has 2 aromatic carbocycles. The Morgan fingerprint density at radius 3 is 2.31 bits per heavy atom. The standard InChI is InChI=1S/C20H21N3O3/c1-13(17-19(25)23-20(26)22-17)18(24)21-12-11-14-7-9-16(10-8-14)15-5-3-2-4-6-15/h2-10,13,25H,11-12H2,1H3,(H,21,24)(H2,22,23,26). The summed E-state index contributed by atoms with van der Waals surface area (Å²) in [5.41, 5.74) is 3.10. The number of amides is 1. The number of hydrogen-bond donors (Lipinski definition) is 4. The first-order chi connectivity index (χ1) is 12.5. The van der Waals surface area contributed by atoms with Crippen LogP contribution in [0.4, 0.5) is 0 Å². The lowest BCUT2D eigenvalue weighted by molar-refractivity contribution is -0.122. The van der Waals surface area contributed by atoms with Crippen LogP contribution in [0.1, 0.15) is 24.1 Å². The van der Waals surface area contributed by atoms with Crippen LogP contribution in [0.25, 0.3) is 11.1 Å². The molecule has 1 atom stereocenters. The molecule has 0 aliphatic carbocycles. The summed E-state index contributed by atoms with van der Waals surface area (Å²) >= 11 is 0. The van der Waals surface area contributed by atoms with Gasteiger partial charge in [-0.1, -0.05) is 54.6 Å². The van der Waals surface area contributed by atoms with E-state index in [1.165, 1.54) is 5.56 Å². The fraction of sp³-hybridized carbons (Fsp3) is 0.200. The van der Waals surface area contributed by atoms with Crippen LogP contribution in [0.15, 0.2) is 59.4 Å². The van der Waals surface area contributed by atoms with Crippen LogP contribution in [0.3, 0.4) is 0 Å². The van der Waals surface area contributed by atoms with E-state index in [1.807, 2.05) is 30.3 Å². The maximum Gasteiger partial charge on any atom is 0.325 e. The second kappa shape index (κ2) is 7.74. The van der Waals surface area contributed by atoms with Crippen LogP contribution in [-0.2, 0) is 11.2 Å². The van der Waals surface area contributed by atoms with Gasteiger partial charge in [0.05, 0.1) is 11.6 Å². The number of aromatic amines is 2. The van der Waals surface area contributed by atoms with Crippen molar-refractivity contribution in [2.75, 3.05) is 6.54 Å². The molecule has 3 aromatic rings. The zero-order valence-electron chi connectivity index (χ0n) is 14.5. The van der Waals surface area contributed by atoms with Crippen molar-refractivity contribution in [1.29, 1.82) is 0 Å². The topological polar surface area (TPSA) is 98.0 Å². The van der Waals surface area contributed by atoms with Gasteiger partial charge in [-0.2, -0.15) is 0 Å². The van der Waals surface area contributed by atoms with Crippen molar-refractivity contribution in [2.24, 2.45) is 0 Å². The Labute approximate surface area is 150 Å². The molecule has 1 heterocycles. The third kappa shape index (κ3) is 4.03. The number of aromatic hydroxyl groups is 1. The fourth-order valence-electron chi connectivity index (χ4n) is 2.81. The molecule has 6 nitrogen and oxygen atoms in total. The lowest BCUT2D eigenvalue weighted by atomic mass is 10.0. The second-order valence-corrected chi connectivity index (χ2v) is 6.17. The number of carbonyl (C=O) groups excluding carboxylic acids is 1. The molecule has 0 bridgehead atoms. The van der Waals surface area contributed by atoms with E-state index in [0.29, 0.717) is 13.0 Å². The van der Waals surface area contributed by atoms with Crippen LogP contribution in [0.5, 0.6) is 5.88 Å². The molecular formula is C20H21N3O3. The second-order valence-electron chi connectivity index (χ2n) is 6.17. The van der Waals surface area contributed by atoms with Gasteiger partial charge in [-0.15, -0.1) is 0 Å². The van der Waals surface area contributed by atoms with E-state index in [9.17, 15) is 14.7 Å². The highest BCUT2D eigenvalue weighted by Gasteiger charge is 2.20. The highest BCUT2D eigenvalue weighted by atomic mass is 16.3. The van der Waals surface area contributed by atoms with Gasteiger partial charge in [0.2, 0.25) is 11.8 Å². The molecule has 1 unspecified atom stereocenters. The van der Waals surface area contributed by atoms with Gasteiger partial charge in [-0.25, -0.2) is 4.79 Å². The number of H-pyrrole nitrogens is 2. The minimum atomic E-state index is -0.644. The van der Waals surface area contributed by atoms with Crippen molar-refractivity contribution in [3.8, 4) is 17.0 Å². The van der Waals surface area contributed by atoms with Crippen molar-refractivity contribution in [3.63, 3.8) is 0 Å². The summed E-state index contributed by atoms with van der Waals surface area (Å²) in [5, 5.41) is 12.4. The first-order valence-electron chi connectivity index (χ1n) is 8.48. The Balaban J connectivity index is 1.54. The first kappa shape index (κ1) is 17.5. The highest BCUT2D eigenvalue weighted by molar-refractivity contribution is 5.83. The predicted octanol–water partition coefficient (Wildman–Crippen LogP) is 2.54. The van der Waals surface area contributed by atoms with Crippen molar-refractivity contribution in [1.82, 2.24) is 15.3 Å². The van der Waals surface area contributed by atoms with Crippen LogP contribution >= 0.6 is 0 Å². The number of hydrogen-bond acceptors (Lipinski definition) is 3. The minimum absolute atomic E-state index is 0.194. The lowest BCUT2D eigenvalue weighted by Crippen LogP contribution is -2.30. The molecule has 1 aromatic heterocycles. The molecule has 1 amide bonds. The highest BCUT2D eigenvalue weighted by Crippen LogP contribution is 2.20. The van der Waals surface area contributed by atoms with Crippen molar-refractivity contribution < 1.29 is 9.90 Å². The van der Waals surface area contributed by atoms with Gasteiger partial charge in [0, 0.05) is 6.54 Å². The van der Waals surface area contributed by atoms with E-state index in [4.69, 9.17) is 0 Å². The maximum atomic E-state index is 12.2. The van der Waals surface area contributed by atoms with Gasteiger partial charge in [0.25, 0.3) is 0 Å². The largest absolute Gasteiger partial charge is 0.493 e. The molecule has 3 rings (SSSR count). The van der Waals surface area contributed by atoms with Gasteiger partial charge in [0.1, 0.15) is 0 Å².